The molecular weight excluding hydrogens is 270 g/mol. The van der Waals surface area contributed by atoms with Crippen LogP contribution < -0.4 is 4.74 Å². The molecule has 1 heterocycles. The molecule has 2 aromatic rings. The molecule has 1 aliphatic heterocycles. The van der Waals surface area contributed by atoms with Crippen LogP contribution in [0, 0.1) is 0 Å². The lowest BCUT2D eigenvalue weighted by atomic mass is 10.1. The van der Waals surface area contributed by atoms with Crippen LogP contribution in [-0.4, -0.2) is 24.0 Å². The molecule has 22 heavy (non-hydrogen) atoms. The molecule has 0 N–H and O–H groups in total. The normalized spacial score (nSPS) is 24.4. The second kappa shape index (κ2) is 6.13. The largest absolute Gasteiger partial charge is 0.489 e. The summed E-state index contributed by atoms with van der Waals surface area (Å²) in [6.07, 6.45) is 4.11. The first-order valence-electron chi connectivity index (χ1n) is 8.41. The summed E-state index contributed by atoms with van der Waals surface area (Å²) in [5, 5.41) is 0. The van der Waals surface area contributed by atoms with Gasteiger partial charge in [-0.2, -0.15) is 0 Å². The van der Waals surface area contributed by atoms with Crippen molar-refractivity contribution in [2.24, 2.45) is 0 Å². The van der Waals surface area contributed by atoms with Crippen LogP contribution in [-0.2, 0) is 6.61 Å². The molecule has 4 rings (SSSR count). The van der Waals surface area contributed by atoms with E-state index in [9.17, 15) is 0 Å². The van der Waals surface area contributed by atoms with Gasteiger partial charge in [-0.15, -0.1) is 0 Å². The van der Waals surface area contributed by atoms with E-state index in [0.29, 0.717) is 6.61 Å². The minimum Gasteiger partial charge on any atom is -0.489 e. The molecule has 1 aliphatic carbocycles. The molecule has 0 unspecified atom stereocenters. The van der Waals surface area contributed by atoms with Crippen molar-refractivity contribution < 1.29 is 4.74 Å². The first-order chi connectivity index (χ1) is 10.9. The number of ether oxygens (including phenoxy) is 1. The van der Waals surface area contributed by atoms with E-state index in [4.69, 9.17) is 4.74 Å². The van der Waals surface area contributed by atoms with Gasteiger partial charge in [0, 0.05) is 12.0 Å². The molecule has 2 aromatic carbocycles. The predicted molar refractivity (Wildman–Crippen MR) is 89.2 cm³/mol. The van der Waals surface area contributed by atoms with Crippen LogP contribution in [0.4, 0.5) is 0 Å². The Morgan fingerprint density at radius 1 is 0.909 bits per heavy atom. The standard InChI is InChI=1S/C20H23NO/c1-2-6-16(7-3-1)15-22-18-10-8-17(9-11-18)19-14-20(19)21-12-4-5-13-21/h1-3,6-11,19-20H,4-5,12-15H2/t19-,20+/m0/s1. The third-order valence-corrected chi connectivity index (χ3v) is 4.92. The molecule has 0 bridgehead atoms. The number of benzene rings is 2. The highest BCUT2D eigenvalue weighted by atomic mass is 16.5. The van der Waals surface area contributed by atoms with Crippen molar-refractivity contribution in [3.05, 3.63) is 65.7 Å². The third kappa shape index (κ3) is 3.02. The van der Waals surface area contributed by atoms with Crippen molar-refractivity contribution in [2.45, 2.75) is 37.8 Å². The van der Waals surface area contributed by atoms with Crippen molar-refractivity contribution >= 4 is 0 Å². The molecule has 114 valence electrons. The van der Waals surface area contributed by atoms with Gasteiger partial charge >= 0.3 is 0 Å². The van der Waals surface area contributed by atoms with Gasteiger partial charge in [0.2, 0.25) is 0 Å². The lowest BCUT2D eigenvalue weighted by Gasteiger charge is -2.14. The van der Waals surface area contributed by atoms with Gasteiger partial charge in [0.1, 0.15) is 12.4 Å². The van der Waals surface area contributed by atoms with Gasteiger partial charge < -0.3 is 4.74 Å². The van der Waals surface area contributed by atoms with E-state index in [0.717, 1.165) is 17.7 Å². The first-order valence-corrected chi connectivity index (χ1v) is 8.41. The highest BCUT2D eigenvalue weighted by molar-refractivity contribution is 5.34. The second-order valence-electron chi connectivity index (χ2n) is 6.50. The van der Waals surface area contributed by atoms with Crippen molar-refractivity contribution in [3.8, 4) is 5.75 Å². The summed E-state index contributed by atoms with van der Waals surface area (Å²) in [7, 11) is 0. The highest BCUT2D eigenvalue weighted by Gasteiger charge is 2.43. The summed E-state index contributed by atoms with van der Waals surface area (Å²) >= 11 is 0. The number of likely N-dealkylation sites (tertiary alicyclic amines) is 1. The molecule has 0 spiro atoms. The number of hydrogen-bond acceptors (Lipinski definition) is 2. The maximum atomic E-state index is 5.86. The molecule has 2 nitrogen and oxygen atoms in total. The van der Waals surface area contributed by atoms with Gasteiger partial charge in [0.15, 0.2) is 0 Å². The Labute approximate surface area is 132 Å². The van der Waals surface area contributed by atoms with Gasteiger partial charge in [-0.1, -0.05) is 42.5 Å². The summed E-state index contributed by atoms with van der Waals surface area (Å²) < 4.78 is 5.86. The molecule has 0 amide bonds. The van der Waals surface area contributed by atoms with Gasteiger partial charge in [-0.05, 0) is 55.6 Å². The summed E-state index contributed by atoms with van der Waals surface area (Å²) in [6, 6.07) is 19.9. The molecule has 0 aromatic heterocycles. The molecule has 1 saturated heterocycles. The van der Waals surface area contributed by atoms with Crippen LogP contribution in [0.3, 0.4) is 0 Å². The van der Waals surface area contributed by atoms with Gasteiger partial charge in [-0.3, -0.25) is 4.90 Å². The maximum Gasteiger partial charge on any atom is 0.119 e. The predicted octanol–water partition coefficient (Wildman–Crippen LogP) is 4.22. The Hall–Kier alpha value is -1.80. The molecule has 2 atom stereocenters. The number of nitrogens with zero attached hydrogens (tertiary/aromatic N) is 1. The minimum absolute atomic E-state index is 0.639. The lowest BCUT2D eigenvalue weighted by molar-refractivity contribution is 0.306. The highest BCUT2D eigenvalue weighted by Crippen LogP contribution is 2.46. The van der Waals surface area contributed by atoms with E-state index in [1.165, 1.54) is 43.5 Å². The van der Waals surface area contributed by atoms with Crippen molar-refractivity contribution in [1.82, 2.24) is 4.90 Å². The average molecular weight is 293 g/mol. The Bertz CT molecular complexity index is 601. The maximum absolute atomic E-state index is 5.86. The smallest absolute Gasteiger partial charge is 0.119 e. The summed E-state index contributed by atoms with van der Waals surface area (Å²) in [5.74, 6) is 1.72. The average Bonchev–Trinajstić information content (AvgIpc) is 3.19. The van der Waals surface area contributed by atoms with E-state index in [1.54, 1.807) is 0 Å². The van der Waals surface area contributed by atoms with Crippen molar-refractivity contribution in [1.29, 1.82) is 0 Å². The fraction of sp³-hybridized carbons (Fsp3) is 0.400. The van der Waals surface area contributed by atoms with Crippen LogP contribution >= 0.6 is 0 Å². The first kappa shape index (κ1) is 13.8. The topological polar surface area (TPSA) is 12.5 Å². The van der Waals surface area contributed by atoms with Gasteiger partial charge in [0.05, 0.1) is 0 Å². The molecule has 0 radical (unpaired) electrons. The fourth-order valence-electron chi connectivity index (χ4n) is 3.57. The second-order valence-corrected chi connectivity index (χ2v) is 6.50. The van der Waals surface area contributed by atoms with Gasteiger partial charge in [-0.25, -0.2) is 0 Å². The third-order valence-electron chi connectivity index (χ3n) is 4.92. The summed E-state index contributed by atoms with van der Waals surface area (Å²) in [4.78, 5) is 2.67. The van der Waals surface area contributed by atoms with Crippen LogP contribution in [0.25, 0.3) is 0 Å². The van der Waals surface area contributed by atoms with Crippen molar-refractivity contribution in [2.75, 3.05) is 13.1 Å². The zero-order valence-electron chi connectivity index (χ0n) is 12.9. The van der Waals surface area contributed by atoms with E-state index in [1.807, 2.05) is 18.2 Å². The fourth-order valence-corrected chi connectivity index (χ4v) is 3.57. The van der Waals surface area contributed by atoms with Crippen molar-refractivity contribution in [3.63, 3.8) is 0 Å². The zero-order chi connectivity index (χ0) is 14.8. The van der Waals surface area contributed by atoms with Crippen LogP contribution in [0.15, 0.2) is 54.6 Å². The molecular formula is C20H23NO. The number of hydrogen-bond donors (Lipinski definition) is 0. The Morgan fingerprint density at radius 3 is 2.36 bits per heavy atom. The Balaban J connectivity index is 1.33. The Morgan fingerprint density at radius 2 is 1.64 bits per heavy atom. The summed E-state index contributed by atoms with van der Waals surface area (Å²) in [6.45, 7) is 3.25. The van der Waals surface area contributed by atoms with Gasteiger partial charge in [0.25, 0.3) is 0 Å². The molecule has 2 aliphatic rings. The Kier molecular flexibility index (Phi) is 3.86. The zero-order valence-corrected chi connectivity index (χ0v) is 12.9. The van der Waals surface area contributed by atoms with Crippen LogP contribution in [0.5, 0.6) is 5.75 Å². The van der Waals surface area contributed by atoms with Crippen LogP contribution in [0.2, 0.25) is 0 Å². The molecule has 2 fully saturated rings. The molecule has 2 heteroatoms. The van der Waals surface area contributed by atoms with E-state index < -0.39 is 0 Å². The SMILES string of the molecule is c1ccc(COc2ccc([C@@H]3C[C@H]3N3CCCC3)cc2)cc1. The minimum atomic E-state index is 0.639. The van der Waals surface area contributed by atoms with Crippen LogP contribution in [0.1, 0.15) is 36.3 Å². The summed E-state index contributed by atoms with van der Waals surface area (Å²) in [5.41, 5.74) is 2.69. The quantitative estimate of drug-likeness (QED) is 0.818. The van der Waals surface area contributed by atoms with E-state index in [2.05, 4.69) is 41.3 Å². The van der Waals surface area contributed by atoms with E-state index >= 15 is 0 Å². The van der Waals surface area contributed by atoms with E-state index in [-0.39, 0.29) is 0 Å². The number of rotatable bonds is 5. The monoisotopic (exact) mass is 293 g/mol. The molecule has 1 saturated carbocycles. The lowest BCUT2D eigenvalue weighted by Crippen LogP contribution is -2.22.